The number of nitrogens with one attached hydrogen (secondary N) is 1. The fraction of sp³-hybridized carbons (Fsp3) is 0.316. The van der Waals surface area contributed by atoms with Gasteiger partial charge in [0.25, 0.3) is 5.91 Å². The molecule has 0 aliphatic carbocycles. The van der Waals surface area contributed by atoms with Gasteiger partial charge in [0.05, 0.1) is 10.8 Å². The Kier molecular flexibility index (Phi) is 5.10. The molecule has 1 atom stereocenters. The van der Waals surface area contributed by atoms with E-state index in [1.807, 2.05) is 30.3 Å². The highest BCUT2D eigenvalue weighted by Gasteiger charge is 2.22. The SMILES string of the molecule is O=C(NC[C@@H]1CCOC1)c1oc2ccccc2c1CSc1cccs1. The van der Waals surface area contributed by atoms with E-state index in [0.29, 0.717) is 24.0 Å². The predicted molar refractivity (Wildman–Crippen MR) is 101 cm³/mol. The van der Waals surface area contributed by atoms with Gasteiger partial charge in [-0.1, -0.05) is 24.3 Å². The fourth-order valence-electron chi connectivity index (χ4n) is 2.98. The minimum atomic E-state index is -0.134. The van der Waals surface area contributed by atoms with Crippen molar-refractivity contribution in [3.63, 3.8) is 0 Å². The van der Waals surface area contributed by atoms with Gasteiger partial charge in [-0.15, -0.1) is 23.1 Å². The number of para-hydroxylation sites is 1. The maximum Gasteiger partial charge on any atom is 0.287 e. The zero-order valence-electron chi connectivity index (χ0n) is 13.7. The second-order valence-corrected chi connectivity index (χ2v) is 8.29. The lowest BCUT2D eigenvalue weighted by Crippen LogP contribution is -2.29. The molecule has 4 nitrogen and oxygen atoms in total. The van der Waals surface area contributed by atoms with Gasteiger partial charge in [0.1, 0.15) is 5.58 Å². The quantitative estimate of drug-likeness (QED) is 0.644. The van der Waals surface area contributed by atoms with Crippen LogP contribution in [0, 0.1) is 5.92 Å². The van der Waals surface area contributed by atoms with Crippen LogP contribution in [-0.4, -0.2) is 25.7 Å². The number of rotatable bonds is 6. The van der Waals surface area contributed by atoms with Crippen LogP contribution in [0.25, 0.3) is 11.0 Å². The number of ether oxygens (including phenoxy) is 1. The molecule has 1 aromatic carbocycles. The van der Waals surface area contributed by atoms with Gasteiger partial charge in [0.2, 0.25) is 0 Å². The Morgan fingerprint density at radius 3 is 3.00 bits per heavy atom. The summed E-state index contributed by atoms with van der Waals surface area (Å²) in [4.78, 5) is 12.7. The number of hydrogen-bond acceptors (Lipinski definition) is 5. The number of thiophene rings is 1. The van der Waals surface area contributed by atoms with Crippen LogP contribution in [0.2, 0.25) is 0 Å². The lowest BCUT2D eigenvalue weighted by Gasteiger charge is -2.09. The minimum absolute atomic E-state index is 0.134. The van der Waals surface area contributed by atoms with Crippen LogP contribution in [0.4, 0.5) is 0 Å². The number of fused-ring (bicyclic) bond motifs is 1. The molecule has 6 heteroatoms. The number of thioether (sulfide) groups is 1. The van der Waals surface area contributed by atoms with Gasteiger partial charge in [-0.2, -0.15) is 0 Å². The molecule has 4 rings (SSSR count). The van der Waals surface area contributed by atoms with Crippen molar-refractivity contribution in [2.75, 3.05) is 19.8 Å². The van der Waals surface area contributed by atoms with Crippen molar-refractivity contribution in [1.82, 2.24) is 5.32 Å². The lowest BCUT2D eigenvalue weighted by atomic mass is 10.1. The van der Waals surface area contributed by atoms with E-state index in [2.05, 4.69) is 16.8 Å². The predicted octanol–water partition coefficient (Wildman–Crippen LogP) is 4.55. The first kappa shape index (κ1) is 16.7. The average Bonchev–Trinajstić information content (AvgIpc) is 3.38. The number of carbonyl (C=O) groups is 1. The molecule has 1 aliphatic rings. The van der Waals surface area contributed by atoms with E-state index in [1.54, 1.807) is 23.1 Å². The van der Waals surface area contributed by atoms with E-state index in [4.69, 9.17) is 9.15 Å². The van der Waals surface area contributed by atoms with Gasteiger partial charge in [0.15, 0.2) is 5.76 Å². The molecule has 0 spiro atoms. The smallest absolute Gasteiger partial charge is 0.287 e. The van der Waals surface area contributed by atoms with Gasteiger partial charge in [-0.25, -0.2) is 0 Å². The highest BCUT2D eigenvalue weighted by Crippen LogP contribution is 2.33. The number of furan rings is 1. The lowest BCUT2D eigenvalue weighted by molar-refractivity contribution is 0.0918. The molecule has 3 aromatic rings. The summed E-state index contributed by atoms with van der Waals surface area (Å²) in [6.07, 6.45) is 1.00. The van der Waals surface area contributed by atoms with Crippen molar-refractivity contribution in [3.05, 3.63) is 53.1 Å². The van der Waals surface area contributed by atoms with Crippen LogP contribution in [-0.2, 0) is 10.5 Å². The number of benzene rings is 1. The maximum absolute atomic E-state index is 12.7. The van der Waals surface area contributed by atoms with Crippen LogP contribution in [0.15, 0.2) is 50.4 Å². The van der Waals surface area contributed by atoms with E-state index in [-0.39, 0.29) is 5.91 Å². The van der Waals surface area contributed by atoms with Gasteiger partial charge in [0, 0.05) is 35.8 Å². The highest BCUT2D eigenvalue weighted by atomic mass is 32.2. The van der Waals surface area contributed by atoms with Crippen LogP contribution < -0.4 is 5.32 Å². The third-order valence-corrected chi connectivity index (χ3v) is 6.49. The Morgan fingerprint density at radius 2 is 2.20 bits per heavy atom. The summed E-state index contributed by atoms with van der Waals surface area (Å²) >= 11 is 3.44. The summed E-state index contributed by atoms with van der Waals surface area (Å²) in [5, 5.41) is 6.09. The highest BCUT2D eigenvalue weighted by molar-refractivity contribution is 8.00. The summed E-state index contributed by atoms with van der Waals surface area (Å²) in [5.74, 6) is 1.42. The van der Waals surface area contributed by atoms with Gasteiger partial charge in [-0.05, 0) is 23.9 Å². The van der Waals surface area contributed by atoms with Crippen molar-refractivity contribution in [3.8, 4) is 0 Å². The molecule has 0 saturated carbocycles. The first-order valence-corrected chi connectivity index (χ1v) is 10.2. The summed E-state index contributed by atoms with van der Waals surface area (Å²) in [6, 6.07) is 12.0. The van der Waals surface area contributed by atoms with Crippen LogP contribution in [0.3, 0.4) is 0 Å². The second-order valence-electron chi connectivity index (χ2n) is 6.07. The van der Waals surface area contributed by atoms with E-state index < -0.39 is 0 Å². The Bertz CT molecular complexity index is 851. The first-order valence-electron chi connectivity index (χ1n) is 8.34. The summed E-state index contributed by atoms with van der Waals surface area (Å²) in [6.45, 7) is 2.14. The first-order chi connectivity index (χ1) is 12.3. The third kappa shape index (κ3) is 3.76. The molecule has 0 radical (unpaired) electrons. The van der Waals surface area contributed by atoms with E-state index in [0.717, 1.165) is 36.2 Å². The topological polar surface area (TPSA) is 51.5 Å². The zero-order valence-corrected chi connectivity index (χ0v) is 15.3. The zero-order chi connectivity index (χ0) is 17.1. The average molecular weight is 373 g/mol. The molecular formula is C19H19NO3S2. The van der Waals surface area contributed by atoms with Gasteiger partial charge < -0.3 is 14.5 Å². The molecule has 1 saturated heterocycles. The van der Waals surface area contributed by atoms with E-state index >= 15 is 0 Å². The summed E-state index contributed by atoms with van der Waals surface area (Å²) < 4.78 is 12.5. The van der Waals surface area contributed by atoms with Crippen LogP contribution >= 0.6 is 23.1 Å². The summed E-state index contributed by atoms with van der Waals surface area (Å²) in [7, 11) is 0. The molecule has 25 heavy (non-hydrogen) atoms. The molecular weight excluding hydrogens is 354 g/mol. The Morgan fingerprint density at radius 1 is 1.28 bits per heavy atom. The molecule has 1 N–H and O–H groups in total. The molecule has 130 valence electrons. The van der Waals surface area contributed by atoms with E-state index in [1.165, 1.54) is 4.21 Å². The van der Waals surface area contributed by atoms with E-state index in [9.17, 15) is 4.79 Å². The normalized spacial score (nSPS) is 17.2. The number of amides is 1. The van der Waals surface area contributed by atoms with Gasteiger partial charge >= 0.3 is 0 Å². The molecule has 3 heterocycles. The van der Waals surface area contributed by atoms with Crippen LogP contribution in [0.5, 0.6) is 0 Å². The fourth-order valence-corrected chi connectivity index (χ4v) is 4.79. The van der Waals surface area contributed by atoms with Crippen molar-refractivity contribution in [1.29, 1.82) is 0 Å². The third-order valence-electron chi connectivity index (χ3n) is 4.33. The maximum atomic E-state index is 12.7. The van der Waals surface area contributed by atoms with Crippen molar-refractivity contribution in [2.24, 2.45) is 5.92 Å². The molecule has 1 aliphatic heterocycles. The summed E-state index contributed by atoms with van der Waals surface area (Å²) in [5.41, 5.74) is 1.73. The van der Waals surface area contributed by atoms with Crippen LogP contribution in [0.1, 0.15) is 22.5 Å². The molecule has 1 amide bonds. The number of carbonyl (C=O) groups excluding carboxylic acids is 1. The molecule has 0 bridgehead atoms. The molecule has 0 unspecified atom stereocenters. The standard InChI is InChI=1S/C19H19NO3S2/c21-19(20-10-13-7-8-22-11-13)18-15(12-25-17-6-3-9-24-17)14-4-1-2-5-16(14)23-18/h1-6,9,13H,7-8,10-12H2,(H,20,21)/t13-/m0/s1. The number of hydrogen-bond donors (Lipinski definition) is 1. The largest absolute Gasteiger partial charge is 0.451 e. The minimum Gasteiger partial charge on any atom is -0.451 e. The Labute approximate surface area is 154 Å². The second kappa shape index (κ2) is 7.64. The monoisotopic (exact) mass is 373 g/mol. The Hall–Kier alpha value is -1.76. The van der Waals surface area contributed by atoms with Crippen molar-refractivity contribution < 1.29 is 13.9 Å². The molecule has 2 aromatic heterocycles. The van der Waals surface area contributed by atoms with Gasteiger partial charge in [-0.3, -0.25) is 4.79 Å². The van der Waals surface area contributed by atoms with Crippen molar-refractivity contribution in [2.45, 2.75) is 16.4 Å². The molecule has 1 fully saturated rings. The Balaban J connectivity index is 1.55. The van der Waals surface area contributed by atoms with Crippen molar-refractivity contribution >= 4 is 40.0 Å².